The molecule has 0 saturated carbocycles. The first-order valence-electron chi connectivity index (χ1n) is 27.6. The Morgan fingerprint density at radius 2 is 1.19 bits per heavy atom. The Hall–Kier alpha value is -4.07. The second-order valence-corrected chi connectivity index (χ2v) is 22.6. The highest BCUT2D eigenvalue weighted by Gasteiger charge is 2.52. The summed E-state index contributed by atoms with van der Waals surface area (Å²) in [6.07, 6.45) is -24.6. The van der Waals surface area contributed by atoms with Gasteiger partial charge in [-0.25, -0.2) is 4.79 Å². The number of allylic oxidation sites excluding steroid dienone is 1. The van der Waals surface area contributed by atoms with E-state index < -0.39 is 182 Å². The van der Waals surface area contributed by atoms with Gasteiger partial charge in [-0.15, -0.1) is 0 Å². The maximum absolute atomic E-state index is 15.1. The number of carbonyl (C=O) groups excluding carboxylic acids is 3. The number of aliphatic hydroxyl groups excluding tert-OH is 7. The van der Waals surface area contributed by atoms with Gasteiger partial charge in [0.25, 0.3) is 0 Å². The Kier molecular flexibility index (Phi) is 19.9. The Labute approximate surface area is 468 Å². The van der Waals surface area contributed by atoms with Crippen molar-refractivity contribution in [2.45, 2.75) is 248 Å². The van der Waals surface area contributed by atoms with Gasteiger partial charge in [-0.3, -0.25) is 9.59 Å². The highest BCUT2D eigenvalue weighted by molar-refractivity contribution is 6.11. The molecule has 0 aromatic heterocycles. The van der Waals surface area contributed by atoms with Gasteiger partial charge in [0.05, 0.1) is 71.5 Å². The van der Waals surface area contributed by atoms with Crippen molar-refractivity contribution in [1.29, 1.82) is 0 Å². The molecule has 5 heterocycles. The molecule has 81 heavy (non-hydrogen) atoms. The third-order valence-corrected chi connectivity index (χ3v) is 16.4. The second-order valence-electron chi connectivity index (χ2n) is 22.6. The fourth-order valence-electron chi connectivity index (χ4n) is 11.8. The highest BCUT2D eigenvalue weighted by Crippen LogP contribution is 2.48. The number of hydrogen-bond acceptors (Lipinski definition) is 25. The van der Waals surface area contributed by atoms with Crippen molar-refractivity contribution >= 4 is 28.3 Å². The number of ketones is 2. The average Bonchev–Trinajstić information content (AvgIpc) is 2.79. The predicted molar refractivity (Wildman–Crippen MR) is 277 cm³/mol. The summed E-state index contributed by atoms with van der Waals surface area (Å²) < 4.78 is 72.4. The van der Waals surface area contributed by atoms with E-state index in [1.165, 1.54) is 59.1 Å². The minimum absolute atomic E-state index is 0.0485. The van der Waals surface area contributed by atoms with E-state index in [1.54, 1.807) is 34.6 Å². The van der Waals surface area contributed by atoms with Crippen molar-refractivity contribution in [3.63, 3.8) is 0 Å². The van der Waals surface area contributed by atoms with Gasteiger partial charge in [-0.1, -0.05) is 6.08 Å². The van der Waals surface area contributed by atoms with Crippen LogP contribution in [-0.4, -0.2) is 223 Å². The van der Waals surface area contributed by atoms with Crippen molar-refractivity contribution in [2.75, 3.05) is 7.11 Å². The SMILES string of the molecule is C/C=C/C(=O)O[C@@H]1C[C@H](O[C@@H]2C[C@H](Oc3cc4cc5c(c(O)c4c(O)c3C)C(=O)[C@@H](O[C@H]3C[C@@H](O[C@H]4C[C@@H](O[C@H]6C[C@](C)(O)[C@H](O)C(C)O6)[C@@H](O)C(C)O4)[C@H](O)C(C)O3)[C@H]([C@H](OC)C(=O)[C@@H](O)[C@@H](C)O)C5)OC(C)[C@H]2O)OC(C)[C@H]1O. The lowest BCUT2D eigenvalue weighted by Gasteiger charge is -2.46. The number of aromatic hydroxyl groups is 2. The summed E-state index contributed by atoms with van der Waals surface area (Å²) in [5, 5.41) is 111. The molecule has 5 fully saturated rings. The number of benzene rings is 2. The number of phenolic OH excluding ortho intramolecular Hbond substituents is 2. The molecule has 5 saturated heterocycles. The van der Waals surface area contributed by atoms with Crippen LogP contribution in [0.2, 0.25) is 0 Å². The van der Waals surface area contributed by atoms with Crippen molar-refractivity contribution in [1.82, 2.24) is 0 Å². The van der Waals surface area contributed by atoms with Crippen LogP contribution in [0.5, 0.6) is 17.2 Å². The maximum atomic E-state index is 15.1. The van der Waals surface area contributed by atoms with E-state index in [0.717, 1.165) is 0 Å². The summed E-state index contributed by atoms with van der Waals surface area (Å²) in [6.45, 7) is 13.7. The summed E-state index contributed by atoms with van der Waals surface area (Å²) in [5.41, 5.74) is -1.52. The molecule has 25 nitrogen and oxygen atoms in total. The van der Waals surface area contributed by atoms with Crippen LogP contribution < -0.4 is 4.74 Å². The van der Waals surface area contributed by atoms with E-state index in [-0.39, 0.29) is 71.7 Å². The molecule has 0 radical (unpaired) electrons. The molecule has 454 valence electrons. The fraction of sp³-hybridized carbons (Fsp3) is 0.732. The van der Waals surface area contributed by atoms with Crippen LogP contribution in [0.1, 0.15) is 109 Å². The number of Topliss-reactive ketones (excluding diaryl/α,β-unsaturated/α-hetero) is 2. The molecule has 8 rings (SSSR count). The highest BCUT2D eigenvalue weighted by atomic mass is 16.7. The van der Waals surface area contributed by atoms with Gasteiger partial charge in [0.2, 0.25) is 6.29 Å². The third-order valence-electron chi connectivity index (χ3n) is 16.4. The van der Waals surface area contributed by atoms with Crippen LogP contribution in [0.4, 0.5) is 0 Å². The Morgan fingerprint density at radius 3 is 1.70 bits per heavy atom. The monoisotopic (exact) mass is 1150 g/mol. The number of esters is 1. The number of aliphatic hydroxyl groups is 8. The summed E-state index contributed by atoms with van der Waals surface area (Å²) in [7, 11) is 1.18. The van der Waals surface area contributed by atoms with Gasteiger partial charge in [0.1, 0.15) is 72.2 Å². The zero-order valence-electron chi connectivity index (χ0n) is 47.0. The van der Waals surface area contributed by atoms with E-state index in [4.69, 9.17) is 56.8 Å². The third kappa shape index (κ3) is 13.4. The van der Waals surface area contributed by atoms with Crippen LogP contribution in [0.15, 0.2) is 24.3 Å². The number of rotatable bonds is 17. The molecule has 10 N–H and O–H groups in total. The van der Waals surface area contributed by atoms with Crippen molar-refractivity contribution in [3.8, 4) is 17.2 Å². The fourth-order valence-corrected chi connectivity index (χ4v) is 11.8. The van der Waals surface area contributed by atoms with Crippen molar-refractivity contribution < 1.29 is 122 Å². The summed E-state index contributed by atoms with van der Waals surface area (Å²) >= 11 is 0. The lowest BCUT2D eigenvalue weighted by molar-refractivity contribution is -0.334. The number of fused-ring (bicyclic) bond motifs is 2. The molecule has 25 atom stereocenters. The topological polar surface area (TPSA) is 364 Å². The maximum Gasteiger partial charge on any atom is 0.330 e. The zero-order chi connectivity index (χ0) is 59.3. The molecule has 2 aromatic rings. The molecular formula is C56H80O25. The largest absolute Gasteiger partial charge is 0.507 e. The Morgan fingerprint density at radius 1 is 0.704 bits per heavy atom. The first-order valence-corrected chi connectivity index (χ1v) is 27.6. The number of carbonyl (C=O) groups is 3. The van der Waals surface area contributed by atoms with Crippen molar-refractivity contribution in [3.05, 3.63) is 41.0 Å². The lowest BCUT2D eigenvalue weighted by Crippen LogP contribution is -2.58. The van der Waals surface area contributed by atoms with Crippen LogP contribution in [0.25, 0.3) is 10.8 Å². The quantitative estimate of drug-likeness (QED) is 0.0776. The minimum atomic E-state index is -1.96. The summed E-state index contributed by atoms with van der Waals surface area (Å²) in [4.78, 5) is 41.3. The van der Waals surface area contributed by atoms with Crippen LogP contribution in [0.3, 0.4) is 0 Å². The molecule has 0 amide bonds. The van der Waals surface area contributed by atoms with Gasteiger partial charge in [-0.2, -0.15) is 0 Å². The van der Waals surface area contributed by atoms with Gasteiger partial charge < -0.3 is 108 Å². The van der Waals surface area contributed by atoms with Gasteiger partial charge in [-0.05, 0) is 91.8 Å². The van der Waals surface area contributed by atoms with Crippen LogP contribution in [-0.2, 0) is 68.1 Å². The van der Waals surface area contributed by atoms with Gasteiger partial charge in [0.15, 0.2) is 36.7 Å². The first-order chi connectivity index (χ1) is 38.1. The molecule has 2 aromatic carbocycles. The van der Waals surface area contributed by atoms with Crippen LogP contribution >= 0.6 is 0 Å². The second kappa shape index (κ2) is 25.6. The predicted octanol–water partition coefficient (Wildman–Crippen LogP) is 0.878. The van der Waals surface area contributed by atoms with Crippen LogP contribution in [0, 0.1) is 12.8 Å². The summed E-state index contributed by atoms with van der Waals surface area (Å²) in [5.74, 6) is -4.80. The number of hydrogen-bond donors (Lipinski definition) is 10. The lowest BCUT2D eigenvalue weighted by atomic mass is 9.75. The van der Waals surface area contributed by atoms with E-state index in [2.05, 4.69) is 0 Å². The zero-order valence-corrected chi connectivity index (χ0v) is 47.0. The number of phenols is 2. The standard InChI is InChI=1S/C56H80O25/c1-11-12-36(58)76-32-16-38(72-23(4)46(32)61)78-33-17-37(71-24(5)47(33)62)77-31-15-29-13-28-14-30(53(70-10)52(67)45(60)22(3)57)54(51(66)43(28)50(65)42(29)44(59)21(31)2)81-40-19-34(48(63)26(7)74-40)79-39-18-35(49(64)25(6)73-39)80-41-20-56(9,69)55(68)27(8)75-41/h11-13,15,22-27,30,32-35,37-41,45-49,53-55,57,59-65,68-69H,14,16-20H2,1-10H3/b12-11+/t22-,23?,24?,25?,26?,27?,30+,32-,33-,34-,35-,37+,38+,39+,40+,41+,45+,46-,47-,48-,49+,53+,54+,55-,56+/m1/s1. The molecule has 0 bridgehead atoms. The van der Waals surface area contributed by atoms with E-state index in [0.29, 0.717) is 0 Å². The van der Waals surface area contributed by atoms with E-state index in [1.807, 2.05) is 0 Å². The number of ether oxygens (including phenoxy) is 12. The summed E-state index contributed by atoms with van der Waals surface area (Å²) in [6, 6.07) is 3.02. The molecule has 0 spiro atoms. The molecular weight excluding hydrogens is 1070 g/mol. The normalized spacial score (nSPS) is 40.6. The van der Waals surface area contributed by atoms with E-state index in [9.17, 15) is 60.7 Å². The average molecular weight is 1150 g/mol. The smallest absolute Gasteiger partial charge is 0.330 e. The number of methoxy groups -OCH3 is 1. The molecule has 6 aliphatic rings. The van der Waals surface area contributed by atoms with Gasteiger partial charge >= 0.3 is 5.97 Å². The van der Waals surface area contributed by atoms with Gasteiger partial charge in [0, 0.05) is 56.8 Å². The van der Waals surface area contributed by atoms with E-state index >= 15 is 4.79 Å². The molecule has 5 unspecified atom stereocenters. The Bertz CT molecular complexity index is 2570. The molecule has 5 aliphatic heterocycles. The van der Waals surface area contributed by atoms with Crippen molar-refractivity contribution in [2.24, 2.45) is 5.92 Å². The molecule has 1 aliphatic carbocycles. The Balaban J connectivity index is 1.03. The first kappa shape index (κ1) is 63.0. The minimum Gasteiger partial charge on any atom is -0.507 e. The molecule has 25 heteroatoms.